The van der Waals surface area contributed by atoms with Gasteiger partial charge in [0.05, 0.1) is 5.69 Å². The Bertz CT molecular complexity index is 877. The van der Waals surface area contributed by atoms with Crippen LogP contribution >= 0.6 is 0 Å². The van der Waals surface area contributed by atoms with E-state index in [1.165, 1.54) is 12.1 Å². The van der Waals surface area contributed by atoms with E-state index in [-0.39, 0.29) is 22.9 Å². The minimum atomic E-state index is -0.904. The van der Waals surface area contributed by atoms with Gasteiger partial charge >= 0.3 is 0 Å². The number of halogens is 2. The standard InChI is InChI=1S/C16H10F2N2O3/c17-9-5-6-12(11(18)7-9)19-16(22)15-8-13(20-23-15)10-3-1-2-4-14(10)21/h1-8,21H,(H,19,22). The third kappa shape index (κ3) is 3.03. The van der Waals surface area contributed by atoms with Gasteiger partial charge in [-0.1, -0.05) is 17.3 Å². The number of aromatic nitrogens is 1. The number of nitrogens with zero attached hydrogens (tertiary/aromatic N) is 1. The van der Waals surface area contributed by atoms with Crippen molar-refractivity contribution in [1.82, 2.24) is 5.16 Å². The molecule has 3 rings (SSSR count). The van der Waals surface area contributed by atoms with E-state index in [9.17, 15) is 18.7 Å². The van der Waals surface area contributed by atoms with Crippen molar-refractivity contribution in [2.75, 3.05) is 5.32 Å². The fourth-order valence-electron chi connectivity index (χ4n) is 1.97. The summed E-state index contributed by atoms with van der Waals surface area (Å²) in [5.74, 6) is -2.59. The fraction of sp³-hybridized carbons (Fsp3) is 0. The summed E-state index contributed by atoms with van der Waals surface area (Å²) in [4.78, 5) is 12.0. The number of para-hydroxylation sites is 1. The Morgan fingerprint density at radius 3 is 2.65 bits per heavy atom. The molecule has 0 unspecified atom stereocenters. The molecule has 0 saturated heterocycles. The van der Waals surface area contributed by atoms with Crippen molar-refractivity contribution >= 4 is 11.6 Å². The normalized spacial score (nSPS) is 10.5. The van der Waals surface area contributed by atoms with Crippen molar-refractivity contribution in [2.24, 2.45) is 0 Å². The van der Waals surface area contributed by atoms with Crippen LogP contribution in [0.1, 0.15) is 10.6 Å². The SMILES string of the molecule is O=C(Nc1ccc(F)cc1F)c1cc(-c2ccccc2O)no1. The second kappa shape index (κ2) is 5.88. The summed E-state index contributed by atoms with van der Waals surface area (Å²) in [6.07, 6.45) is 0. The van der Waals surface area contributed by atoms with Crippen LogP contribution < -0.4 is 5.32 Å². The molecule has 1 amide bonds. The van der Waals surface area contributed by atoms with Crippen LogP contribution in [0.15, 0.2) is 53.1 Å². The van der Waals surface area contributed by atoms with Crippen LogP contribution in [0, 0.1) is 11.6 Å². The first kappa shape index (κ1) is 14.7. The van der Waals surface area contributed by atoms with E-state index in [1.807, 2.05) is 0 Å². The first-order valence-electron chi connectivity index (χ1n) is 6.56. The summed E-state index contributed by atoms with van der Waals surface area (Å²) >= 11 is 0. The molecule has 0 atom stereocenters. The molecule has 2 N–H and O–H groups in total. The lowest BCUT2D eigenvalue weighted by molar-refractivity contribution is 0.0987. The van der Waals surface area contributed by atoms with Crippen LogP contribution in [-0.2, 0) is 0 Å². The Kier molecular flexibility index (Phi) is 3.76. The number of anilines is 1. The molecule has 1 heterocycles. The topological polar surface area (TPSA) is 75.4 Å². The van der Waals surface area contributed by atoms with Crippen LogP contribution in [0.3, 0.4) is 0 Å². The summed E-state index contributed by atoms with van der Waals surface area (Å²) in [6.45, 7) is 0. The van der Waals surface area contributed by atoms with Gasteiger partial charge in [-0.05, 0) is 24.3 Å². The maximum absolute atomic E-state index is 13.5. The highest BCUT2D eigenvalue weighted by Crippen LogP contribution is 2.28. The maximum atomic E-state index is 13.5. The molecule has 2 aromatic carbocycles. The van der Waals surface area contributed by atoms with Crippen LogP contribution in [0.25, 0.3) is 11.3 Å². The largest absolute Gasteiger partial charge is 0.507 e. The van der Waals surface area contributed by atoms with Crippen LogP contribution in [0.4, 0.5) is 14.5 Å². The van der Waals surface area contributed by atoms with Crippen LogP contribution in [0.5, 0.6) is 5.75 Å². The van der Waals surface area contributed by atoms with Gasteiger partial charge in [-0.2, -0.15) is 0 Å². The number of rotatable bonds is 3. The number of aromatic hydroxyl groups is 1. The number of amides is 1. The summed E-state index contributed by atoms with van der Waals surface area (Å²) < 4.78 is 31.2. The first-order chi connectivity index (χ1) is 11.0. The molecule has 1 aromatic heterocycles. The van der Waals surface area contributed by atoms with E-state index in [4.69, 9.17) is 4.52 Å². The van der Waals surface area contributed by atoms with Gasteiger partial charge in [0.25, 0.3) is 5.91 Å². The number of benzene rings is 2. The molecule has 0 aliphatic carbocycles. The molecule has 23 heavy (non-hydrogen) atoms. The maximum Gasteiger partial charge on any atom is 0.294 e. The minimum absolute atomic E-state index is 0.0164. The van der Waals surface area contributed by atoms with Crippen molar-refractivity contribution in [3.8, 4) is 17.0 Å². The van der Waals surface area contributed by atoms with Gasteiger partial charge in [-0.15, -0.1) is 0 Å². The first-order valence-corrected chi connectivity index (χ1v) is 6.56. The summed E-state index contributed by atoms with van der Waals surface area (Å²) in [5, 5.41) is 15.7. The smallest absolute Gasteiger partial charge is 0.294 e. The third-order valence-electron chi connectivity index (χ3n) is 3.09. The number of nitrogens with one attached hydrogen (secondary N) is 1. The average molecular weight is 316 g/mol. The number of phenolic OH excluding ortho intramolecular Hbond substituents is 1. The lowest BCUT2D eigenvalue weighted by Gasteiger charge is -2.03. The predicted octanol–water partition coefficient (Wildman–Crippen LogP) is 3.58. The highest BCUT2D eigenvalue weighted by molar-refractivity contribution is 6.02. The molecule has 0 spiro atoms. The van der Waals surface area contributed by atoms with E-state index in [0.29, 0.717) is 11.6 Å². The molecule has 3 aromatic rings. The molecule has 0 aliphatic heterocycles. The zero-order valence-corrected chi connectivity index (χ0v) is 11.6. The van der Waals surface area contributed by atoms with E-state index >= 15 is 0 Å². The van der Waals surface area contributed by atoms with Crippen molar-refractivity contribution < 1.29 is 23.2 Å². The van der Waals surface area contributed by atoms with E-state index in [0.717, 1.165) is 12.1 Å². The third-order valence-corrected chi connectivity index (χ3v) is 3.09. The van der Waals surface area contributed by atoms with Gasteiger partial charge in [-0.25, -0.2) is 8.78 Å². The van der Waals surface area contributed by atoms with Gasteiger partial charge in [-0.3, -0.25) is 4.79 Å². The molecule has 116 valence electrons. The number of carbonyl (C=O) groups is 1. The predicted molar refractivity (Wildman–Crippen MR) is 77.9 cm³/mol. The Morgan fingerprint density at radius 1 is 1.13 bits per heavy atom. The van der Waals surface area contributed by atoms with Gasteiger partial charge in [0, 0.05) is 17.7 Å². The molecule has 0 aliphatic rings. The average Bonchev–Trinajstić information content (AvgIpc) is 3.00. The Labute approximate surface area is 129 Å². The highest BCUT2D eigenvalue weighted by atomic mass is 19.1. The lowest BCUT2D eigenvalue weighted by atomic mass is 10.1. The van der Waals surface area contributed by atoms with Crippen LogP contribution in [-0.4, -0.2) is 16.2 Å². The summed E-state index contributed by atoms with van der Waals surface area (Å²) in [6, 6.07) is 10.5. The van der Waals surface area contributed by atoms with Gasteiger partial charge < -0.3 is 14.9 Å². The lowest BCUT2D eigenvalue weighted by Crippen LogP contribution is -2.12. The number of carbonyl (C=O) groups excluding carboxylic acids is 1. The van der Waals surface area contributed by atoms with Crippen molar-refractivity contribution in [3.63, 3.8) is 0 Å². The van der Waals surface area contributed by atoms with Gasteiger partial charge in [0.1, 0.15) is 23.1 Å². The second-order valence-electron chi connectivity index (χ2n) is 4.67. The number of hydrogen-bond acceptors (Lipinski definition) is 4. The summed E-state index contributed by atoms with van der Waals surface area (Å²) in [5.41, 5.74) is 0.466. The Hall–Kier alpha value is -3.22. The Morgan fingerprint density at radius 2 is 1.91 bits per heavy atom. The van der Waals surface area contributed by atoms with E-state index < -0.39 is 17.5 Å². The summed E-state index contributed by atoms with van der Waals surface area (Å²) in [7, 11) is 0. The molecule has 0 saturated carbocycles. The minimum Gasteiger partial charge on any atom is -0.507 e. The molecular weight excluding hydrogens is 306 g/mol. The molecular formula is C16H10F2N2O3. The molecule has 7 heteroatoms. The molecule has 0 bridgehead atoms. The monoisotopic (exact) mass is 316 g/mol. The molecule has 0 fully saturated rings. The number of phenols is 1. The Balaban J connectivity index is 1.83. The molecule has 5 nitrogen and oxygen atoms in total. The number of hydrogen-bond donors (Lipinski definition) is 2. The van der Waals surface area contributed by atoms with E-state index in [1.54, 1.807) is 18.2 Å². The van der Waals surface area contributed by atoms with Crippen molar-refractivity contribution in [1.29, 1.82) is 0 Å². The van der Waals surface area contributed by atoms with Crippen molar-refractivity contribution in [3.05, 3.63) is 65.9 Å². The quantitative estimate of drug-likeness (QED) is 0.774. The van der Waals surface area contributed by atoms with Crippen LogP contribution in [0.2, 0.25) is 0 Å². The van der Waals surface area contributed by atoms with Gasteiger partial charge in [0.15, 0.2) is 0 Å². The van der Waals surface area contributed by atoms with Gasteiger partial charge in [0.2, 0.25) is 5.76 Å². The van der Waals surface area contributed by atoms with E-state index in [2.05, 4.69) is 10.5 Å². The highest BCUT2D eigenvalue weighted by Gasteiger charge is 2.17. The fourth-order valence-corrected chi connectivity index (χ4v) is 1.97. The zero-order chi connectivity index (χ0) is 16.4. The molecule has 0 radical (unpaired) electrons. The zero-order valence-electron chi connectivity index (χ0n) is 11.6. The second-order valence-corrected chi connectivity index (χ2v) is 4.67. The van der Waals surface area contributed by atoms with Crippen molar-refractivity contribution in [2.45, 2.75) is 0 Å².